The van der Waals surface area contributed by atoms with E-state index in [1.807, 2.05) is 6.92 Å². The molecule has 0 aromatic carbocycles. The van der Waals surface area contributed by atoms with Crippen LogP contribution in [0.5, 0.6) is 0 Å². The Hall–Kier alpha value is -0.660. The summed E-state index contributed by atoms with van der Waals surface area (Å²) in [7, 11) is 1.75. The number of hydrogen-bond donors (Lipinski definition) is 0. The first kappa shape index (κ1) is 10.3. The van der Waals surface area contributed by atoms with Crippen molar-refractivity contribution in [3.63, 3.8) is 0 Å². The van der Waals surface area contributed by atoms with Crippen LogP contribution in [0.1, 0.15) is 39.0 Å². The molecule has 1 aliphatic rings. The molecule has 0 radical (unpaired) electrons. The summed E-state index contributed by atoms with van der Waals surface area (Å²) >= 11 is 0. The third kappa shape index (κ3) is 7.23. The third-order valence-electron chi connectivity index (χ3n) is 1.67. The van der Waals surface area contributed by atoms with Crippen molar-refractivity contribution < 1.29 is 4.79 Å². The van der Waals surface area contributed by atoms with E-state index in [9.17, 15) is 4.79 Å². The number of hydrogen-bond acceptors (Lipinski definition) is 2. The largest absolute Gasteiger partial charge is 0.301 e. The summed E-state index contributed by atoms with van der Waals surface area (Å²) in [5, 5.41) is 0. The van der Waals surface area contributed by atoms with E-state index < -0.39 is 0 Å². The second kappa shape index (κ2) is 7.45. The van der Waals surface area contributed by atoms with Crippen LogP contribution in [0, 0.1) is 0 Å². The van der Waals surface area contributed by atoms with Crippen molar-refractivity contribution in [3.8, 4) is 0 Å². The van der Waals surface area contributed by atoms with Crippen molar-refractivity contribution in [3.05, 3.63) is 0 Å². The number of nitrogens with zero attached hydrogens (tertiary/aromatic N) is 1. The van der Waals surface area contributed by atoms with Crippen LogP contribution in [0.25, 0.3) is 0 Å². The molecule has 0 N–H and O–H groups in total. The van der Waals surface area contributed by atoms with Crippen molar-refractivity contribution in [1.29, 1.82) is 0 Å². The van der Waals surface area contributed by atoms with Crippen molar-refractivity contribution >= 4 is 12.0 Å². The van der Waals surface area contributed by atoms with Gasteiger partial charge in [0.15, 0.2) is 0 Å². The number of Topliss-reactive ketones (excluding diaryl/α,β-unsaturated/α-hetero) is 1. The highest BCUT2D eigenvalue weighted by molar-refractivity contribution is 5.78. The van der Waals surface area contributed by atoms with Gasteiger partial charge in [0, 0.05) is 19.9 Å². The van der Waals surface area contributed by atoms with E-state index in [0.717, 1.165) is 25.7 Å². The molecule has 0 unspecified atom stereocenters. The van der Waals surface area contributed by atoms with Crippen LogP contribution in [-0.2, 0) is 4.79 Å². The molecule has 0 bridgehead atoms. The molecule has 2 nitrogen and oxygen atoms in total. The van der Waals surface area contributed by atoms with Crippen molar-refractivity contribution in [2.75, 3.05) is 7.05 Å². The Morgan fingerprint density at radius 2 is 1.73 bits per heavy atom. The predicted octanol–water partition coefficient (Wildman–Crippen LogP) is 2.23. The van der Waals surface area contributed by atoms with Crippen LogP contribution in [0.3, 0.4) is 0 Å². The molecular weight excluding hydrogens is 138 g/mol. The molecule has 0 saturated heterocycles. The van der Waals surface area contributed by atoms with Crippen LogP contribution >= 0.6 is 0 Å². The van der Waals surface area contributed by atoms with E-state index >= 15 is 0 Å². The predicted molar refractivity (Wildman–Crippen MR) is 48.2 cm³/mol. The van der Waals surface area contributed by atoms with E-state index in [1.54, 1.807) is 13.3 Å². The fraction of sp³-hybridized carbons (Fsp3) is 0.778. The Labute approximate surface area is 68.7 Å². The summed E-state index contributed by atoms with van der Waals surface area (Å²) in [6.45, 7) is 1.89. The second-order valence-corrected chi connectivity index (χ2v) is 2.62. The first-order valence-electron chi connectivity index (χ1n) is 4.19. The lowest BCUT2D eigenvalue weighted by atomic mass is 10.00. The van der Waals surface area contributed by atoms with Gasteiger partial charge in [-0.1, -0.05) is 6.42 Å². The van der Waals surface area contributed by atoms with E-state index in [0.29, 0.717) is 5.78 Å². The summed E-state index contributed by atoms with van der Waals surface area (Å²) in [5.74, 6) is 0.464. The normalized spacial score (nSPS) is 17.8. The highest BCUT2D eigenvalue weighted by Gasteiger charge is 2.05. The van der Waals surface area contributed by atoms with Crippen molar-refractivity contribution in [2.24, 2.45) is 4.99 Å². The molecule has 0 aromatic rings. The van der Waals surface area contributed by atoms with Gasteiger partial charge in [0.25, 0.3) is 0 Å². The number of carbonyl (C=O) groups is 1. The van der Waals surface area contributed by atoms with Gasteiger partial charge in [0.1, 0.15) is 5.78 Å². The number of ketones is 1. The Morgan fingerprint density at radius 1 is 1.27 bits per heavy atom. The summed E-state index contributed by atoms with van der Waals surface area (Å²) in [4.78, 5) is 14.1. The van der Waals surface area contributed by atoms with Crippen LogP contribution in [0.2, 0.25) is 0 Å². The molecule has 0 atom stereocenters. The maximum absolute atomic E-state index is 10.5. The van der Waals surface area contributed by atoms with E-state index in [-0.39, 0.29) is 0 Å². The average molecular weight is 155 g/mol. The first-order chi connectivity index (χ1) is 5.31. The molecule has 1 fully saturated rings. The first-order valence-corrected chi connectivity index (χ1v) is 4.19. The molecule has 0 amide bonds. The third-order valence-corrected chi connectivity index (χ3v) is 1.67. The van der Waals surface area contributed by atoms with Crippen LogP contribution in [0.4, 0.5) is 0 Å². The second-order valence-electron chi connectivity index (χ2n) is 2.62. The summed E-state index contributed by atoms with van der Waals surface area (Å²) in [5.41, 5.74) is 0. The Morgan fingerprint density at radius 3 is 1.91 bits per heavy atom. The van der Waals surface area contributed by atoms with Gasteiger partial charge in [-0.3, -0.25) is 4.79 Å². The van der Waals surface area contributed by atoms with E-state index in [2.05, 4.69) is 4.99 Å². The molecule has 0 spiro atoms. The van der Waals surface area contributed by atoms with Gasteiger partial charge in [0.05, 0.1) is 0 Å². The maximum atomic E-state index is 10.5. The lowest BCUT2D eigenvalue weighted by Gasteiger charge is -2.05. The monoisotopic (exact) mass is 155 g/mol. The maximum Gasteiger partial charge on any atom is 0.132 e. The van der Waals surface area contributed by atoms with Gasteiger partial charge in [-0.25, -0.2) is 0 Å². The van der Waals surface area contributed by atoms with Gasteiger partial charge in [-0.05, 0) is 26.0 Å². The molecule has 11 heavy (non-hydrogen) atoms. The Bertz CT molecular complexity index is 118. The zero-order chi connectivity index (χ0) is 8.53. The number of aliphatic imine (C=N–C) groups is 1. The van der Waals surface area contributed by atoms with E-state index in [1.165, 1.54) is 6.42 Å². The average Bonchev–Trinajstić information content (AvgIpc) is 2.07. The SMILES string of the molecule is CC=NC.O=C1CCCCC1. The summed E-state index contributed by atoms with van der Waals surface area (Å²) in [6.07, 6.45) is 6.99. The van der Waals surface area contributed by atoms with Gasteiger partial charge >= 0.3 is 0 Å². The van der Waals surface area contributed by atoms with Gasteiger partial charge < -0.3 is 4.99 Å². The number of rotatable bonds is 0. The minimum atomic E-state index is 0.464. The smallest absolute Gasteiger partial charge is 0.132 e. The topological polar surface area (TPSA) is 29.4 Å². The van der Waals surface area contributed by atoms with Crippen LogP contribution < -0.4 is 0 Å². The lowest BCUT2D eigenvalue weighted by Crippen LogP contribution is -2.02. The Kier molecular flexibility index (Phi) is 7.00. The quantitative estimate of drug-likeness (QED) is 0.493. The summed E-state index contributed by atoms with van der Waals surface area (Å²) < 4.78 is 0. The fourth-order valence-corrected chi connectivity index (χ4v) is 0.946. The van der Waals surface area contributed by atoms with Crippen molar-refractivity contribution in [2.45, 2.75) is 39.0 Å². The highest BCUT2D eigenvalue weighted by Crippen LogP contribution is 2.12. The number of carbonyl (C=O) groups excluding carboxylic acids is 1. The van der Waals surface area contributed by atoms with Crippen LogP contribution in [-0.4, -0.2) is 19.0 Å². The highest BCUT2D eigenvalue weighted by atomic mass is 16.1. The van der Waals surface area contributed by atoms with E-state index in [4.69, 9.17) is 0 Å². The van der Waals surface area contributed by atoms with Crippen molar-refractivity contribution in [1.82, 2.24) is 0 Å². The molecule has 0 heterocycles. The molecule has 1 aliphatic carbocycles. The molecular formula is C9H17NO. The Balaban J connectivity index is 0.000000218. The molecule has 64 valence electrons. The molecule has 1 saturated carbocycles. The molecule has 1 rings (SSSR count). The van der Waals surface area contributed by atoms with Crippen LogP contribution in [0.15, 0.2) is 4.99 Å². The minimum absolute atomic E-state index is 0.464. The fourth-order valence-electron chi connectivity index (χ4n) is 0.946. The standard InChI is InChI=1S/C6H10O.C3H7N/c7-6-4-2-1-3-5-6;1-3-4-2/h1-5H2;3H,1-2H3. The summed E-state index contributed by atoms with van der Waals surface area (Å²) in [6, 6.07) is 0. The lowest BCUT2D eigenvalue weighted by molar-refractivity contribution is -0.120. The molecule has 2 heteroatoms. The molecule has 0 aromatic heterocycles. The zero-order valence-corrected chi connectivity index (χ0v) is 7.47. The molecule has 0 aliphatic heterocycles. The van der Waals surface area contributed by atoms with Gasteiger partial charge in [-0.15, -0.1) is 0 Å². The van der Waals surface area contributed by atoms with Gasteiger partial charge in [0.2, 0.25) is 0 Å². The van der Waals surface area contributed by atoms with Gasteiger partial charge in [-0.2, -0.15) is 0 Å². The zero-order valence-electron chi connectivity index (χ0n) is 7.47. The minimum Gasteiger partial charge on any atom is -0.301 e.